The summed E-state index contributed by atoms with van der Waals surface area (Å²) in [6.07, 6.45) is 1.15. The largest absolute Gasteiger partial charge is 0.481 e. The van der Waals surface area contributed by atoms with Gasteiger partial charge in [0, 0.05) is 12.8 Å². The van der Waals surface area contributed by atoms with Gasteiger partial charge in [-0.25, -0.2) is 0 Å². The predicted octanol–water partition coefficient (Wildman–Crippen LogP) is 0.898. The Morgan fingerprint density at radius 2 is 1.11 bits per heavy atom. The molecule has 8 heteroatoms. The molecular weight excluding hydrogens is 260 g/mol. The average molecular weight is 278 g/mol. The third-order valence-corrected chi connectivity index (χ3v) is 2.04. The van der Waals surface area contributed by atoms with Crippen LogP contribution in [-0.4, -0.2) is 44.3 Å². The van der Waals surface area contributed by atoms with Gasteiger partial charge in [0.1, 0.15) is 0 Å². The Bertz CT molecular complexity index is 293. The van der Waals surface area contributed by atoms with Gasteiger partial charge in [0.25, 0.3) is 0 Å². The van der Waals surface area contributed by atoms with E-state index in [4.69, 9.17) is 20.4 Å². The SMILES string of the molecule is CCC(C(=O)O)C(=O)O.O=C(O)CCCCC(=O)O. The molecule has 0 bridgehead atoms. The van der Waals surface area contributed by atoms with Gasteiger partial charge in [-0.3, -0.25) is 19.2 Å². The van der Waals surface area contributed by atoms with Gasteiger partial charge in [0.2, 0.25) is 0 Å². The summed E-state index contributed by atoms with van der Waals surface area (Å²) in [6, 6.07) is 0. The molecule has 0 aromatic rings. The topological polar surface area (TPSA) is 149 Å². The van der Waals surface area contributed by atoms with Crippen molar-refractivity contribution in [2.45, 2.75) is 39.0 Å². The quantitative estimate of drug-likeness (QED) is 0.378. The molecule has 8 nitrogen and oxygen atoms in total. The molecule has 0 atom stereocenters. The first kappa shape index (κ1) is 19.2. The second-order valence-corrected chi connectivity index (χ2v) is 3.63. The molecule has 0 amide bonds. The Balaban J connectivity index is 0. The summed E-state index contributed by atoms with van der Waals surface area (Å²) >= 11 is 0. The van der Waals surface area contributed by atoms with Gasteiger partial charge in [-0.15, -0.1) is 0 Å². The molecule has 0 aliphatic carbocycles. The van der Waals surface area contributed by atoms with E-state index in [1.165, 1.54) is 6.92 Å². The monoisotopic (exact) mass is 278 g/mol. The Morgan fingerprint density at radius 3 is 1.21 bits per heavy atom. The van der Waals surface area contributed by atoms with Crippen molar-refractivity contribution in [2.24, 2.45) is 5.92 Å². The van der Waals surface area contributed by atoms with Crippen molar-refractivity contribution in [3.8, 4) is 0 Å². The van der Waals surface area contributed by atoms with Crippen molar-refractivity contribution in [2.75, 3.05) is 0 Å². The summed E-state index contributed by atoms with van der Waals surface area (Å²) < 4.78 is 0. The van der Waals surface area contributed by atoms with Crippen LogP contribution in [0.3, 0.4) is 0 Å². The molecule has 110 valence electrons. The number of carboxylic acid groups (broad SMARTS) is 4. The molecule has 0 rings (SSSR count). The molecule has 0 aromatic heterocycles. The van der Waals surface area contributed by atoms with Crippen LogP contribution in [0, 0.1) is 5.92 Å². The van der Waals surface area contributed by atoms with E-state index in [1.54, 1.807) is 0 Å². The van der Waals surface area contributed by atoms with Gasteiger partial charge in [-0.05, 0) is 19.3 Å². The smallest absolute Gasteiger partial charge is 0.317 e. The zero-order valence-electron chi connectivity index (χ0n) is 10.5. The number of unbranched alkanes of at least 4 members (excludes halogenated alkanes) is 1. The first-order chi connectivity index (χ1) is 8.72. The van der Waals surface area contributed by atoms with Gasteiger partial charge < -0.3 is 20.4 Å². The van der Waals surface area contributed by atoms with Crippen molar-refractivity contribution in [1.29, 1.82) is 0 Å². The highest BCUT2D eigenvalue weighted by atomic mass is 16.4. The number of aliphatic carboxylic acids is 4. The lowest BCUT2D eigenvalue weighted by molar-refractivity contribution is -0.154. The van der Waals surface area contributed by atoms with E-state index in [-0.39, 0.29) is 19.3 Å². The molecule has 0 spiro atoms. The van der Waals surface area contributed by atoms with Crippen LogP contribution in [0.2, 0.25) is 0 Å². The highest BCUT2D eigenvalue weighted by Gasteiger charge is 2.22. The van der Waals surface area contributed by atoms with E-state index in [2.05, 4.69) is 0 Å². The maximum absolute atomic E-state index is 9.99. The lowest BCUT2D eigenvalue weighted by atomic mass is 10.1. The molecular formula is C11H18O8. The van der Waals surface area contributed by atoms with Crippen LogP contribution in [0.4, 0.5) is 0 Å². The molecule has 4 N–H and O–H groups in total. The number of hydrogen-bond donors (Lipinski definition) is 4. The molecule has 0 aromatic carbocycles. The molecule has 0 fully saturated rings. The minimum absolute atomic E-state index is 0.0628. The Hall–Kier alpha value is -2.12. The summed E-state index contributed by atoms with van der Waals surface area (Å²) in [7, 11) is 0. The molecule has 0 unspecified atom stereocenters. The molecule has 19 heavy (non-hydrogen) atoms. The van der Waals surface area contributed by atoms with E-state index >= 15 is 0 Å². The van der Waals surface area contributed by atoms with Gasteiger partial charge in [0.05, 0.1) is 0 Å². The number of hydrogen-bond acceptors (Lipinski definition) is 4. The van der Waals surface area contributed by atoms with E-state index in [1.807, 2.05) is 0 Å². The fourth-order valence-corrected chi connectivity index (χ4v) is 1.01. The van der Waals surface area contributed by atoms with E-state index in [0.717, 1.165) is 0 Å². The predicted molar refractivity (Wildman–Crippen MR) is 62.8 cm³/mol. The summed E-state index contributed by atoms with van der Waals surface area (Å²) in [5.74, 6) is -5.53. The third kappa shape index (κ3) is 13.8. The van der Waals surface area contributed by atoms with Crippen molar-refractivity contribution >= 4 is 23.9 Å². The Kier molecular flexibility index (Phi) is 11.1. The van der Waals surface area contributed by atoms with Crippen LogP contribution in [0.15, 0.2) is 0 Å². The zero-order valence-corrected chi connectivity index (χ0v) is 10.5. The average Bonchev–Trinajstić information content (AvgIpc) is 2.24. The van der Waals surface area contributed by atoms with E-state index < -0.39 is 29.8 Å². The molecule has 0 heterocycles. The van der Waals surface area contributed by atoms with Gasteiger partial charge >= 0.3 is 23.9 Å². The highest BCUT2D eigenvalue weighted by molar-refractivity contribution is 5.92. The van der Waals surface area contributed by atoms with Crippen LogP contribution in [0.1, 0.15) is 39.0 Å². The lowest BCUT2D eigenvalue weighted by Crippen LogP contribution is -2.21. The lowest BCUT2D eigenvalue weighted by Gasteiger charge is -2.00. The fraction of sp³-hybridized carbons (Fsp3) is 0.636. The standard InChI is InChI=1S/C6H10O4.C5H8O4/c7-5(8)3-1-2-4-6(9)10;1-2-3(4(6)7)5(8)9/h1-4H2,(H,7,8)(H,9,10);3H,2H2,1H3,(H,6,7)(H,8,9). The Morgan fingerprint density at radius 1 is 0.789 bits per heavy atom. The first-order valence-electron chi connectivity index (χ1n) is 5.61. The highest BCUT2D eigenvalue weighted by Crippen LogP contribution is 2.01. The van der Waals surface area contributed by atoms with Gasteiger partial charge in [0.15, 0.2) is 5.92 Å². The summed E-state index contributed by atoms with van der Waals surface area (Å²) in [5, 5.41) is 32.6. The van der Waals surface area contributed by atoms with Crippen molar-refractivity contribution in [3.63, 3.8) is 0 Å². The minimum Gasteiger partial charge on any atom is -0.481 e. The molecule has 0 aliphatic heterocycles. The molecule has 0 saturated carbocycles. The zero-order chi connectivity index (χ0) is 15.4. The van der Waals surface area contributed by atoms with Crippen LogP contribution in [0.25, 0.3) is 0 Å². The van der Waals surface area contributed by atoms with Crippen LogP contribution >= 0.6 is 0 Å². The van der Waals surface area contributed by atoms with Crippen molar-refractivity contribution in [1.82, 2.24) is 0 Å². The second-order valence-electron chi connectivity index (χ2n) is 3.63. The Labute approximate surface area is 109 Å². The van der Waals surface area contributed by atoms with E-state index in [9.17, 15) is 19.2 Å². The van der Waals surface area contributed by atoms with Crippen LogP contribution in [-0.2, 0) is 19.2 Å². The van der Waals surface area contributed by atoms with Crippen LogP contribution in [0.5, 0.6) is 0 Å². The first-order valence-corrected chi connectivity index (χ1v) is 5.61. The number of rotatable bonds is 8. The maximum atomic E-state index is 9.99. The van der Waals surface area contributed by atoms with Gasteiger partial charge in [-0.2, -0.15) is 0 Å². The minimum atomic E-state index is -1.27. The summed E-state index contributed by atoms with van der Waals surface area (Å²) in [6.45, 7) is 1.52. The normalized spacial score (nSPS) is 9.37. The van der Waals surface area contributed by atoms with Crippen molar-refractivity contribution < 1.29 is 39.6 Å². The molecule has 0 saturated heterocycles. The second kappa shape index (κ2) is 11.0. The number of carboxylic acids is 4. The summed E-state index contributed by atoms with van der Waals surface area (Å²) in [4.78, 5) is 39.8. The summed E-state index contributed by atoms with van der Waals surface area (Å²) in [5.41, 5.74) is 0. The fourth-order valence-electron chi connectivity index (χ4n) is 1.01. The van der Waals surface area contributed by atoms with Crippen LogP contribution < -0.4 is 0 Å². The molecule has 0 aliphatic rings. The number of carbonyl (C=O) groups is 4. The van der Waals surface area contributed by atoms with Crippen molar-refractivity contribution in [3.05, 3.63) is 0 Å². The van der Waals surface area contributed by atoms with Gasteiger partial charge in [-0.1, -0.05) is 6.92 Å². The third-order valence-electron chi connectivity index (χ3n) is 2.04. The van der Waals surface area contributed by atoms with E-state index in [0.29, 0.717) is 12.8 Å². The maximum Gasteiger partial charge on any atom is 0.317 e. The molecule has 0 radical (unpaired) electrons.